The van der Waals surface area contributed by atoms with Crippen molar-refractivity contribution in [3.05, 3.63) is 0 Å². The van der Waals surface area contributed by atoms with Gasteiger partial charge in [-0.2, -0.15) is 5.26 Å². The number of hydrogen-bond donors (Lipinski definition) is 3. The van der Waals surface area contributed by atoms with Crippen LogP contribution in [0.4, 0.5) is 0 Å². The van der Waals surface area contributed by atoms with E-state index in [9.17, 15) is 0 Å². The van der Waals surface area contributed by atoms with Gasteiger partial charge in [0, 0.05) is 13.0 Å². The third-order valence-electron chi connectivity index (χ3n) is 2.22. The van der Waals surface area contributed by atoms with Gasteiger partial charge >= 0.3 is 0 Å². The summed E-state index contributed by atoms with van der Waals surface area (Å²) in [5.41, 5.74) is 0.0261. The third kappa shape index (κ3) is 5.92. The molecule has 0 aliphatic rings. The molecule has 0 radical (unpaired) electrons. The first kappa shape index (κ1) is 13.4. The number of nitriles is 1. The van der Waals surface area contributed by atoms with Crippen molar-refractivity contribution in [1.29, 1.82) is 5.26 Å². The molecule has 0 aromatic rings. The van der Waals surface area contributed by atoms with Crippen molar-refractivity contribution < 1.29 is 10.2 Å². The Hall–Kier alpha value is -0.630. The van der Waals surface area contributed by atoms with Crippen LogP contribution in [0.1, 0.15) is 26.7 Å². The average molecular weight is 200 g/mol. The number of rotatable bonds is 7. The molecule has 82 valence electrons. The van der Waals surface area contributed by atoms with Gasteiger partial charge in [0.2, 0.25) is 0 Å². The van der Waals surface area contributed by atoms with Crippen LogP contribution in [0.25, 0.3) is 0 Å². The minimum atomic E-state index is -0.253. The maximum Gasteiger partial charge on any atom is 0.0621 e. The summed E-state index contributed by atoms with van der Waals surface area (Å²) in [6.07, 6.45) is 1.36. The van der Waals surface area contributed by atoms with E-state index in [-0.39, 0.29) is 24.7 Å². The molecule has 0 aromatic carbocycles. The highest BCUT2D eigenvalue weighted by atomic mass is 16.3. The molecule has 0 aliphatic heterocycles. The maximum absolute atomic E-state index is 8.82. The van der Waals surface area contributed by atoms with Gasteiger partial charge in [0.1, 0.15) is 0 Å². The third-order valence-corrected chi connectivity index (χ3v) is 2.22. The van der Waals surface area contributed by atoms with Crippen molar-refractivity contribution in [2.75, 3.05) is 19.8 Å². The minimum Gasteiger partial charge on any atom is -0.395 e. The lowest BCUT2D eigenvalue weighted by Gasteiger charge is -2.26. The predicted octanol–water partition coefficient (Wildman–Crippen LogP) is 0.259. The summed E-state index contributed by atoms with van der Waals surface area (Å²) in [5, 5.41) is 29.2. The van der Waals surface area contributed by atoms with Gasteiger partial charge in [-0.05, 0) is 11.8 Å². The smallest absolute Gasteiger partial charge is 0.0621 e. The lowest BCUT2D eigenvalue weighted by molar-refractivity contribution is 0.158. The van der Waals surface area contributed by atoms with E-state index in [0.29, 0.717) is 13.0 Å². The Labute approximate surface area is 85.6 Å². The number of aliphatic hydroxyl groups is 2. The highest BCUT2D eigenvalue weighted by Crippen LogP contribution is 2.20. The molecule has 0 saturated heterocycles. The molecule has 0 spiro atoms. The van der Waals surface area contributed by atoms with Crippen LogP contribution in [0.3, 0.4) is 0 Å². The SMILES string of the molecule is CC(C)(CCC#N)CNC(CO)CO. The first-order valence-corrected chi connectivity index (χ1v) is 4.88. The molecular formula is C10H20N2O2. The largest absolute Gasteiger partial charge is 0.395 e. The zero-order valence-electron chi connectivity index (χ0n) is 8.95. The second-order valence-corrected chi connectivity index (χ2v) is 4.27. The highest BCUT2D eigenvalue weighted by molar-refractivity contribution is 4.80. The van der Waals surface area contributed by atoms with E-state index in [2.05, 4.69) is 25.2 Å². The first-order chi connectivity index (χ1) is 6.55. The highest BCUT2D eigenvalue weighted by Gasteiger charge is 2.18. The van der Waals surface area contributed by atoms with E-state index >= 15 is 0 Å². The molecule has 14 heavy (non-hydrogen) atoms. The summed E-state index contributed by atoms with van der Waals surface area (Å²) < 4.78 is 0. The van der Waals surface area contributed by atoms with Gasteiger partial charge in [-0.15, -0.1) is 0 Å². The Bertz CT molecular complexity index is 183. The number of aliphatic hydroxyl groups excluding tert-OH is 2. The molecule has 0 aromatic heterocycles. The Kier molecular flexibility index (Phi) is 6.46. The van der Waals surface area contributed by atoms with Crippen LogP contribution in [0.5, 0.6) is 0 Å². The standard InChI is InChI=1S/C10H20N2O2/c1-10(2,4-3-5-11)8-12-9(6-13)7-14/h9,12-14H,3-4,6-8H2,1-2H3. The molecule has 0 unspecified atom stereocenters. The van der Waals surface area contributed by atoms with Crippen molar-refractivity contribution in [2.45, 2.75) is 32.7 Å². The molecule has 3 N–H and O–H groups in total. The Morgan fingerprint density at radius 1 is 1.36 bits per heavy atom. The van der Waals surface area contributed by atoms with Crippen molar-refractivity contribution in [3.8, 4) is 6.07 Å². The van der Waals surface area contributed by atoms with Crippen LogP contribution in [-0.4, -0.2) is 36.0 Å². The fourth-order valence-corrected chi connectivity index (χ4v) is 1.09. The molecule has 4 heteroatoms. The van der Waals surface area contributed by atoms with Crippen LogP contribution < -0.4 is 5.32 Å². The second-order valence-electron chi connectivity index (χ2n) is 4.27. The van der Waals surface area contributed by atoms with E-state index in [1.165, 1.54) is 0 Å². The Morgan fingerprint density at radius 3 is 2.36 bits per heavy atom. The summed E-state index contributed by atoms with van der Waals surface area (Å²) in [7, 11) is 0. The zero-order chi connectivity index (χ0) is 11.0. The normalized spacial score (nSPS) is 11.7. The average Bonchev–Trinajstić information content (AvgIpc) is 2.16. The van der Waals surface area contributed by atoms with Crippen LogP contribution in [0.15, 0.2) is 0 Å². The maximum atomic E-state index is 8.82. The number of nitrogens with one attached hydrogen (secondary N) is 1. The molecule has 0 bridgehead atoms. The van der Waals surface area contributed by atoms with E-state index in [4.69, 9.17) is 15.5 Å². The summed E-state index contributed by atoms with van der Waals surface area (Å²) in [6.45, 7) is 4.68. The summed E-state index contributed by atoms with van der Waals surface area (Å²) in [5.74, 6) is 0. The lowest BCUT2D eigenvalue weighted by Crippen LogP contribution is -2.41. The van der Waals surface area contributed by atoms with Crippen LogP contribution in [0.2, 0.25) is 0 Å². The zero-order valence-corrected chi connectivity index (χ0v) is 8.95. The van der Waals surface area contributed by atoms with Crippen LogP contribution in [-0.2, 0) is 0 Å². The van der Waals surface area contributed by atoms with Crippen molar-refractivity contribution in [3.63, 3.8) is 0 Å². The Balaban J connectivity index is 3.79. The molecule has 0 atom stereocenters. The number of nitrogens with zero attached hydrogens (tertiary/aromatic N) is 1. The molecule has 0 aliphatic carbocycles. The minimum absolute atomic E-state index is 0.0261. The fourth-order valence-electron chi connectivity index (χ4n) is 1.09. The second kappa shape index (κ2) is 6.77. The monoisotopic (exact) mass is 200 g/mol. The van der Waals surface area contributed by atoms with E-state index in [0.717, 1.165) is 6.42 Å². The molecule has 0 heterocycles. The molecule has 0 rings (SSSR count). The molecule has 0 saturated carbocycles. The van der Waals surface area contributed by atoms with E-state index in [1.807, 2.05) is 0 Å². The summed E-state index contributed by atoms with van der Waals surface area (Å²) in [4.78, 5) is 0. The van der Waals surface area contributed by atoms with Gasteiger partial charge in [0.15, 0.2) is 0 Å². The van der Waals surface area contributed by atoms with E-state index < -0.39 is 0 Å². The van der Waals surface area contributed by atoms with Gasteiger partial charge in [0.05, 0.1) is 25.3 Å². The van der Waals surface area contributed by atoms with Crippen molar-refractivity contribution >= 4 is 0 Å². The number of hydrogen-bond acceptors (Lipinski definition) is 4. The first-order valence-electron chi connectivity index (χ1n) is 4.88. The van der Waals surface area contributed by atoms with Gasteiger partial charge in [-0.1, -0.05) is 13.8 Å². The fraction of sp³-hybridized carbons (Fsp3) is 0.900. The van der Waals surface area contributed by atoms with Gasteiger partial charge in [-0.25, -0.2) is 0 Å². The quantitative estimate of drug-likeness (QED) is 0.551. The molecule has 4 nitrogen and oxygen atoms in total. The Morgan fingerprint density at radius 2 is 1.93 bits per heavy atom. The van der Waals surface area contributed by atoms with Gasteiger partial charge in [0.25, 0.3) is 0 Å². The van der Waals surface area contributed by atoms with Crippen LogP contribution in [0, 0.1) is 16.7 Å². The predicted molar refractivity (Wildman–Crippen MR) is 54.6 cm³/mol. The van der Waals surface area contributed by atoms with Crippen LogP contribution >= 0.6 is 0 Å². The van der Waals surface area contributed by atoms with Gasteiger partial charge in [-0.3, -0.25) is 0 Å². The van der Waals surface area contributed by atoms with Crippen molar-refractivity contribution in [2.24, 2.45) is 5.41 Å². The summed E-state index contributed by atoms with van der Waals surface area (Å²) >= 11 is 0. The molecular weight excluding hydrogens is 180 g/mol. The molecule has 0 amide bonds. The van der Waals surface area contributed by atoms with E-state index in [1.54, 1.807) is 0 Å². The summed E-state index contributed by atoms with van der Waals surface area (Å²) in [6, 6.07) is 1.86. The topological polar surface area (TPSA) is 76.3 Å². The lowest BCUT2D eigenvalue weighted by atomic mass is 9.88. The van der Waals surface area contributed by atoms with Gasteiger partial charge < -0.3 is 15.5 Å². The molecule has 0 fully saturated rings. The van der Waals surface area contributed by atoms with Crippen molar-refractivity contribution in [1.82, 2.24) is 5.32 Å².